The third-order valence-electron chi connectivity index (χ3n) is 3.35. The Kier molecular flexibility index (Phi) is 5.81. The van der Waals surface area contributed by atoms with E-state index in [-0.39, 0.29) is 0 Å². The van der Waals surface area contributed by atoms with Gasteiger partial charge in [0.05, 0.1) is 6.04 Å². The van der Waals surface area contributed by atoms with Crippen molar-refractivity contribution in [2.24, 2.45) is 5.92 Å². The summed E-state index contributed by atoms with van der Waals surface area (Å²) >= 11 is 1.83. The van der Waals surface area contributed by atoms with Crippen LogP contribution in [0.25, 0.3) is 0 Å². The maximum atomic E-state index is 3.68. The molecule has 1 heterocycles. The molecular formula is C18H25NS. The summed E-state index contributed by atoms with van der Waals surface area (Å²) < 4.78 is 0. The second-order valence-electron chi connectivity index (χ2n) is 5.75. The largest absolute Gasteiger partial charge is 0.306 e. The van der Waals surface area contributed by atoms with Crippen molar-refractivity contribution in [3.8, 4) is 0 Å². The molecule has 2 aromatic rings. The molecule has 1 N–H and O–H groups in total. The fourth-order valence-corrected chi connectivity index (χ4v) is 3.32. The van der Waals surface area contributed by atoms with Gasteiger partial charge < -0.3 is 5.32 Å². The Labute approximate surface area is 127 Å². The lowest BCUT2D eigenvalue weighted by molar-refractivity contribution is 0.603. The quantitative estimate of drug-likeness (QED) is 0.752. The monoisotopic (exact) mass is 287 g/mol. The summed E-state index contributed by atoms with van der Waals surface area (Å²) in [6.45, 7) is 7.82. The molecule has 1 unspecified atom stereocenters. The van der Waals surface area contributed by atoms with Crippen LogP contribution < -0.4 is 5.32 Å². The third-order valence-corrected chi connectivity index (χ3v) is 4.29. The van der Waals surface area contributed by atoms with E-state index in [1.54, 1.807) is 0 Å². The lowest BCUT2D eigenvalue weighted by Gasteiger charge is -2.19. The molecule has 1 aromatic heterocycles. The molecule has 0 fully saturated rings. The normalized spacial score (nSPS) is 12.8. The Bertz CT molecular complexity index is 502. The summed E-state index contributed by atoms with van der Waals surface area (Å²) in [6.07, 6.45) is 2.31. The third kappa shape index (κ3) is 4.19. The van der Waals surface area contributed by atoms with E-state index in [2.05, 4.69) is 67.9 Å². The van der Waals surface area contributed by atoms with Gasteiger partial charge in [0.2, 0.25) is 0 Å². The van der Waals surface area contributed by atoms with Gasteiger partial charge in [-0.15, -0.1) is 11.3 Å². The van der Waals surface area contributed by atoms with E-state index in [4.69, 9.17) is 0 Å². The van der Waals surface area contributed by atoms with Crippen molar-refractivity contribution in [3.63, 3.8) is 0 Å². The first kappa shape index (κ1) is 15.3. The van der Waals surface area contributed by atoms with E-state index in [0.717, 1.165) is 19.4 Å². The summed E-state index contributed by atoms with van der Waals surface area (Å²) in [6, 6.07) is 13.8. The van der Waals surface area contributed by atoms with Gasteiger partial charge in [-0.25, -0.2) is 0 Å². The predicted octanol–water partition coefficient (Wildman–Crippen LogP) is 5.04. The van der Waals surface area contributed by atoms with E-state index in [0.29, 0.717) is 12.0 Å². The van der Waals surface area contributed by atoms with Crippen LogP contribution in [0.15, 0.2) is 41.8 Å². The number of hydrogen-bond donors (Lipinski definition) is 1. The Morgan fingerprint density at radius 1 is 1.15 bits per heavy atom. The van der Waals surface area contributed by atoms with Crippen LogP contribution in [-0.2, 0) is 6.42 Å². The van der Waals surface area contributed by atoms with Crippen LogP contribution in [-0.4, -0.2) is 6.54 Å². The van der Waals surface area contributed by atoms with Crippen LogP contribution in [0.5, 0.6) is 0 Å². The second-order valence-corrected chi connectivity index (χ2v) is 6.72. The van der Waals surface area contributed by atoms with Crippen molar-refractivity contribution >= 4 is 11.3 Å². The number of rotatable bonds is 7. The summed E-state index contributed by atoms with van der Waals surface area (Å²) in [4.78, 5) is 1.40. The molecule has 0 saturated heterocycles. The van der Waals surface area contributed by atoms with Gasteiger partial charge in [0.15, 0.2) is 0 Å². The van der Waals surface area contributed by atoms with Crippen molar-refractivity contribution < 1.29 is 0 Å². The molecule has 2 heteroatoms. The molecule has 20 heavy (non-hydrogen) atoms. The summed E-state index contributed by atoms with van der Waals surface area (Å²) in [7, 11) is 0. The molecule has 0 aliphatic carbocycles. The standard InChI is InChI=1S/C18H25NS/c1-4-10-19-18(17-9-6-11-20-17)16-8-5-7-15(13-16)12-14(2)3/h5-9,11,13-14,18-19H,4,10,12H2,1-3H3. The highest BCUT2D eigenvalue weighted by atomic mass is 32.1. The Hall–Kier alpha value is -1.12. The number of nitrogens with one attached hydrogen (secondary N) is 1. The van der Waals surface area contributed by atoms with Crippen molar-refractivity contribution in [1.29, 1.82) is 0 Å². The first-order valence-corrected chi connectivity index (χ1v) is 8.44. The van der Waals surface area contributed by atoms with Gasteiger partial charge in [-0.2, -0.15) is 0 Å². The van der Waals surface area contributed by atoms with Crippen molar-refractivity contribution in [3.05, 3.63) is 57.8 Å². The minimum Gasteiger partial charge on any atom is -0.306 e. The van der Waals surface area contributed by atoms with E-state index < -0.39 is 0 Å². The number of benzene rings is 1. The van der Waals surface area contributed by atoms with Gasteiger partial charge in [-0.3, -0.25) is 0 Å². The lowest BCUT2D eigenvalue weighted by atomic mass is 9.97. The molecule has 0 bridgehead atoms. The first-order chi connectivity index (χ1) is 9.70. The van der Waals surface area contributed by atoms with Crippen molar-refractivity contribution in [1.82, 2.24) is 5.32 Å². The fourth-order valence-electron chi connectivity index (χ4n) is 2.50. The van der Waals surface area contributed by atoms with E-state index >= 15 is 0 Å². The molecule has 1 nitrogen and oxygen atoms in total. The molecule has 0 spiro atoms. The van der Waals surface area contributed by atoms with Gasteiger partial charge in [0.1, 0.15) is 0 Å². The maximum absolute atomic E-state index is 3.68. The molecule has 108 valence electrons. The van der Waals surface area contributed by atoms with Crippen LogP contribution in [0, 0.1) is 5.92 Å². The Balaban J connectivity index is 2.24. The minimum atomic E-state index is 0.335. The topological polar surface area (TPSA) is 12.0 Å². The average Bonchev–Trinajstić information content (AvgIpc) is 2.93. The lowest BCUT2D eigenvalue weighted by Crippen LogP contribution is -2.22. The molecule has 1 aromatic carbocycles. The van der Waals surface area contributed by atoms with E-state index in [9.17, 15) is 0 Å². The zero-order valence-corrected chi connectivity index (χ0v) is 13.5. The van der Waals surface area contributed by atoms with Gasteiger partial charge in [-0.05, 0) is 47.9 Å². The molecule has 2 rings (SSSR count). The highest BCUT2D eigenvalue weighted by molar-refractivity contribution is 7.10. The highest BCUT2D eigenvalue weighted by Crippen LogP contribution is 2.27. The van der Waals surface area contributed by atoms with Gasteiger partial charge in [-0.1, -0.05) is 51.1 Å². The molecular weight excluding hydrogens is 262 g/mol. The van der Waals surface area contributed by atoms with Crippen molar-refractivity contribution in [2.45, 2.75) is 39.7 Å². The number of thiophene rings is 1. The van der Waals surface area contributed by atoms with E-state index in [1.165, 1.54) is 16.0 Å². The molecule has 0 aliphatic heterocycles. The predicted molar refractivity (Wildman–Crippen MR) is 89.4 cm³/mol. The molecule has 0 saturated carbocycles. The second kappa shape index (κ2) is 7.61. The smallest absolute Gasteiger partial charge is 0.0671 e. The first-order valence-electron chi connectivity index (χ1n) is 7.56. The van der Waals surface area contributed by atoms with Gasteiger partial charge >= 0.3 is 0 Å². The maximum Gasteiger partial charge on any atom is 0.0671 e. The summed E-state index contributed by atoms with van der Waals surface area (Å²) in [5.74, 6) is 0.703. The van der Waals surface area contributed by atoms with Crippen molar-refractivity contribution in [2.75, 3.05) is 6.54 Å². The SMILES string of the molecule is CCCNC(c1cccc(CC(C)C)c1)c1cccs1. The zero-order valence-electron chi connectivity index (χ0n) is 12.7. The van der Waals surface area contributed by atoms with Crippen LogP contribution >= 0.6 is 11.3 Å². The minimum absolute atomic E-state index is 0.335. The average molecular weight is 287 g/mol. The Morgan fingerprint density at radius 2 is 2.00 bits per heavy atom. The molecule has 1 atom stereocenters. The van der Waals surface area contributed by atoms with Crippen LogP contribution in [0.3, 0.4) is 0 Å². The molecule has 0 amide bonds. The summed E-state index contributed by atoms with van der Waals surface area (Å²) in [5.41, 5.74) is 2.83. The Morgan fingerprint density at radius 3 is 2.65 bits per heavy atom. The van der Waals surface area contributed by atoms with Crippen LogP contribution in [0.4, 0.5) is 0 Å². The van der Waals surface area contributed by atoms with Gasteiger partial charge in [0, 0.05) is 4.88 Å². The zero-order chi connectivity index (χ0) is 14.4. The van der Waals surface area contributed by atoms with Crippen LogP contribution in [0.1, 0.15) is 49.2 Å². The number of hydrogen-bond acceptors (Lipinski definition) is 2. The molecule has 0 aliphatic rings. The van der Waals surface area contributed by atoms with E-state index in [1.807, 2.05) is 11.3 Å². The van der Waals surface area contributed by atoms with Crippen LogP contribution in [0.2, 0.25) is 0 Å². The highest BCUT2D eigenvalue weighted by Gasteiger charge is 2.14. The fraction of sp³-hybridized carbons (Fsp3) is 0.444. The summed E-state index contributed by atoms with van der Waals surface area (Å²) in [5, 5.41) is 5.84. The molecule has 0 radical (unpaired) electrons. The van der Waals surface area contributed by atoms with Gasteiger partial charge in [0.25, 0.3) is 0 Å².